The molecule has 6 heteroatoms. The largest absolute Gasteiger partial charge is 0.495 e. The average molecular weight is 385 g/mol. The van der Waals surface area contributed by atoms with E-state index in [0.29, 0.717) is 23.9 Å². The number of amides is 2. The highest BCUT2D eigenvalue weighted by Crippen LogP contribution is 2.22. The van der Waals surface area contributed by atoms with Gasteiger partial charge in [-0.3, -0.25) is 9.59 Å². The average Bonchev–Trinajstić information content (AvgIpc) is 2.68. The quantitative estimate of drug-likeness (QED) is 0.621. The fourth-order valence-corrected chi connectivity index (χ4v) is 2.87. The normalized spacial score (nSPS) is 11.8. The monoisotopic (exact) mass is 384 g/mol. The summed E-state index contributed by atoms with van der Waals surface area (Å²) in [5.41, 5.74) is 2.62. The molecule has 0 saturated carbocycles. The first kappa shape index (κ1) is 21.4. The van der Waals surface area contributed by atoms with Crippen LogP contribution in [0.5, 0.6) is 5.75 Å². The zero-order chi connectivity index (χ0) is 20.5. The van der Waals surface area contributed by atoms with Crippen molar-refractivity contribution in [1.82, 2.24) is 0 Å². The van der Waals surface area contributed by atoms with Crippen molar-refractivity contribution in [2.24, 2.45) is 0 Å². The van der Waals surface area contributed by atoms with Crippen LogP contribution in [0, 0.1) is 0 Å². The Hall–Kier alpha value is -2.86. The lowest BCUT2D eigenvalue weighted by molar-refractivity contribution is -0.881. The van der Waals surface area contributed by atoms with Crippen molar-refractivity contribution in [2.75, 3.05) is 37.4 Å². The number of hydrogen-bond acceptors (Lipinski definition) is 3. The second-order valence-corrected chi connectivity index (χ2v) is 7.03. The minimum absolute atomic E-state index is 0.112. The van der Waals surface area contributed by atoms with Crippen LogP contribution in [0.15, 0.2) is 48.5 Å². The summed E-state index contributed by atoms with van der Waals surface area (Å²) in [6.07, 6.45) is 0. The van der Waals surface area contributed by atoms with Crippen molar-refractivity contribution in [3.63, 3.8) is 0 Å². The van der Waals surface area contributed by atoms with Gasteiger partial charge in [-0.15, -0.1) is 0 Å². The Bertz CT molecular complexity index is 788. The Labute approximate surface area is 166 Å². The Morgan fingerprint density at radius 2 is 1.57 bits per heavy atom. The van der Waals surface area contributed by atoms with E-state index in [1.54, 1.807) is 19.2 Å². The van der Waals surface area contributed by atoms with Crippen LogP contribution in [-0.2, 0) is 9.59 Å². The Morgan fingerprint density at radius 1 is 0.964 bits per heavy atom. The number of rotatable bonds is 9. The molecule has 150 valence electrons. The van der Waals surface area contributed by atoms with Crippen molar-refractivity contribution in [3.05, 3.63) is 54.1 Å². The zero-order valence-electron chi connectivity index (χ0n) is 17.0. The minimum Gasteiger partial charge on any atom is -0.495 e. The lowest BCUT2D eigenvalue weighted by Crippen LogP contribution is -3.13. The molecular formula is C22H30N3O3+. The molecule has 0 spiro atoms. The van der Waals surface area contributed by atoms with Gasteiger partial charge in [-0.2, -0.15) is 0 Å². The molecule has 6 nitrogen and oxygen atoms in total. The van der Waals surface area contributed by atoms with E-state index in [9.17, 15) is 9.59 Å². The number of nitrogens with one attached hydrogen (secondary N) is 3. The van der Waals surface area contributed by atoms with Gasteiger partial charge in [0.05, 0.1) is 19.3 Å². The van der Waals surface area contributed by atoms with Crippen molar-refractivity contribution in [2.45, 2.75) is 26.7 Å². The molecule has 2 rings (SSSR count). The number of carbonyl (C=O) groups excluding carboxylic acids is 2. The van der Waals surface area contributed by atoms with Crippen LogP contribution < -0.4 is 20.3 Å². The maximum Gasteiger partial charge on any atom is 0.279 e. The highest BCUT2D eigenvalue weighted by atomic mass is 16.5. The van der Waals surface area contributed by atoms with Gasteiger partial charge in [0.15, 0.2) is 13.1 Å². The van der Waals surface area contributed by atoms with E-state index in [1.165, 1.54) is 5.56 Å². The van der Waals surface area contributed by atoms with E-state index in [1.807, 2.05) is 43.3 Å². The molecule has 0 fully saturated rings. The summed E-state index contributed by atoms with van der Waals surface area (Å²) in [6, 6.07) is 15.1. The van der Waals surface area contributed by atoms with Crippen molar-refractivity contribution in [1.29, 1.82) is 0 Å². The number of ether oxygens (including phenoxy) is 1. The molecule has 0 radical (unpaired) electrons. The van der Waals surface area contributed by atoms with Crippen LogP contribution in [0.1, 0.15) is 32.3 Å². The number of para-hydroxylation sites is 2. The summed E-state index contributed by atoms with van der Waals surface area (Å²) in [6.45, 7) is 7.31. The van der Waals surface area contributed by atoms with E-state index in [0.717, 1.165) is 10.6 Å². The smallest absolute Gasteiger partial charge is 0.279 e. The highest BCUT2D eigenvalue weighted by Gasteiger charge is 2.18. The number of likely N-dealkylation sites (N-methyl/N-ethyl adjacent to an activating group) is 1. The third-order valence-corrected chi connectivity index (χ3v) is 4.56. The highest BCUT2D eigenvalue weighted by molar-refractivity contribution is 5.94. The first-order valence-corrected chi connectivity index (χ1v) is 9.59. The molecule has 2 aromatic carbocycles. The number of quaternary nitrogens is 1. The van der Waals surface area contributed by atoms with E-state index in [2.05, 4.69) is 24.5 Å². The maximum absolute atomic E-state index is 12.4. The topological polar surface area (TPSA) is 71.9 Å². The summed E-state index contributed by atoms with van der Waals surface area (Å²) in [4.78, 5) is 25.6. The number of anilines is 2. The SMILES string of the molecule is CC[NH+](CC(=O)Nc1ccc(C(C)C)cc1)CC(=O)Nc1ccccc1OC. The summed E-state index contributed by atoms with van der Waals surface area (Å²) in [5, 5.41) is 5.75. The summed E-state index contributed by atoms with van der Waals surface area (Å²) >= 11 is 0. The molecule has 28 heavy (non-hydrogen) atoms. The number of carbonyl (C=O) groups is 2. The molecule has 1 unspecified atom stereocenters. The molecule has 2 aromatic rings. The minimum atomic E-state index is -0.157. The van der Waals surface area contributed by atoms with Crippen LogP contribution in [0.4, 0.5) is 11.4 Å². The Kier molecular flexibility index (Phi) is 8.02. The number of methoxy groups -OCH3 is 1. The molecule has 0 aliphatic heterocycles. The van der Waals surface area contributed by atoms with Crippen molar-refractivity contribution >= 4 is 23.2 Å². The third-order valence-electron chi connectivity index (χ3n) is 4.56. The van der Waals surface area contributed by atoms with Crippen LogP contribution in [0.25, 0.3) is 0 Å². The third kappa shape index (κ3) is 6.39. The summed E-state index contributed by atoms with van der Waals surface area (Å²) in [7, 11) is 1.56. The van der Waals surface area contributed by atoms with Gasteiger partial charge in [0.1, 0.15) is 5.75 Å². The van der Waals surface area contributed by atoms with Crippen LogP contribution in [0.3, 0.4) is 0 Å². The van der Waals surface area contributed by atoms with Crippen molar-refractivity contribution < 1.29 is 19.2 Å². The predicted molar refractivity (Wildman–Crippen MR) is 112 cm³/mol. The van der Waals surface area contributed by atoms with Crippen LogP contribution in [0.2, 0.25) is 0 Å². The van der Waals surface area contributed by atoms with E-state index in [-0.39, 0.29) is 24.9 Å². The molecular weight excluding hydrogens is 354 g/mol. The van der Waals surface area contributed by atoms with E-state index < -0.39 is 0 Å². The van der Waals surface area contributed by atoms with Gasteiger partial charge in [-0.25, -0.2) is 0 Å². The van der Waals surface area contributed by atoms with Gasteiger partial charge in [0.25, 0.3) is 11.8 Å². The molecule has 0 heterocycles. The fraction of sp³-hybridized carbons (Fsp3) is 0.364. The second-order valence-electron chi connectivity index (χ2n) is 7.03. The first-order valence-electron chi connectivity index (χ1n) is 9.59. The molecule has 0 aromatic heterocycles. The number of hydrogen-bond donors (Lipinski definition) is 3. The Balaban J connectivity index is 1.88. The number of benzene rings is 2. The van der Waals surface area contributed by atoms with Crippen LogP contribution >= 0.6 is 0 Å². The van der Waals surface area contributed by atoms with Gasteiger partial charge < -0.3 is 20.3 Å². The summed E-state index contributed by atoms with van der Waals surface area (Å²) in [5.74, 6) is 0.790. The van der Waals surface area contributed by atoms with Gasteiger partial charge in [-0.05, 0) is 42.7 Å². The molecule has 0 aliphatic rings. The molecule has 3 N–H and O–H groups in total. The molecule has 0 saturated heterocycles. The Morgan fingerprint density at radius 3 is 2.14 bits per heavy atom. The van der Waals surface area contributed by atoms with Gasteiger partial charge >= 0.3 is 0 Å². The molecule has 0 aliphatic carbocycles. The van der Waals surface area contributed by atoms with Crippen molar-refractivity contribution in [3.8, 4) is 5.75 Å². The molecule has 1 atom stereocenters. The predicted octanol–water partition coefficient (Wildman–Crippen LogP) is 2.30. The standard InChI is InChI=1S/C22H29N3O3/c1-5-25(15-22(27)24-19-8-6-7-9-20(19)28-4)14-21(26)23-18-12-10-17(11-13-18)16(2)3/h6-13,16H,5,14-15H2,1-4H3,(H,23,26)(H,24,27)/p+1. The van der Waals surface area contributed by atoms with Crippen LogP contribution in [-0.4, -0.2) is 38.6 Å². The lowest BCUT2D eigenvalue weighted by atomic mass is 10.0. The summed E-state index contributed by atoms with van der Waals surface area (Å²) < 4.78 is 5.25. The maximum atomic E-state index is 12.4. The van der Waals surface area contributed by atoms with Gasteiger partial charge in [0.2, 0.25) is 0 Å². The van der Waals surface area contributed by atoms with Gasteiger partial charge in [0, 0.05) is 5.69 Å². The second kappa shape index (κ2) is 10.5. The van der Waals surface area contributed by atoms with E-state index in [4.69, 9.17) is 4.74 Å². The van der Waals surface area contributed by atoms with E-state index >= 15 is 0 Å². The van der Waals surface area contributed by atoms with Gasteiger partial charge in [-0.1, -0.05) is 38.1 Å². The zero-order valence-corrected chi connectivity index (χ0v) is 17.0. The molecule has 2 amide bonds. The first-order chi connectivity index (χ1) is 13.4. The lowest BCUT2D eigenvalue weighted by Gasteiger charge is -2.17. The fourth-order valence-electron chi connectivity index (χ4n) is 2.87. The molecule has 0 bridgehead atoms.